The smallest absolute Gasteiger partial charge is 0.331 e. The van der Waals surface area contributed by atoms with Gasteiger partial charge in [-0.15, -0.1) is 11.8 Å². The second-order valence-corrected chi connectivity index (χ2v) is 12.4. The van der Waals surface area contributed by atoms with Crippen molar-refractivity contribution >= 4 is 23.7 Å². The molecule has 15 heteroatoms. The fourth-order valence-electron chi connectivity index (χ4n) is 5.54. The lowest BCUT2D eigenvalue weighted by atomic mass is 9.94. The zero-order valence-electron chi connectivity index (χ0n) is 27.4. The molecule has 10 atom stereocenters. The van der Waals surface area contributed by atoms with Crippen LogP contribution in [0.4, 0.5) is 0 Å². The van der Waals surface area contributed by atoms with Crippen molar-refractivity contribution in [1.29, 1.82) is 0 Å². The van der Waals surface area contributed by atoms with Crippen LogP contribution in [-0.4, -0.2) is 105 Å². The number of benzene rings is 2. The van der Waals surface area contributed by atoms with E-state index in [0.717, 1.165) is 11.1 Å². The van der Waals surface area contributed by atoms with Crippen molar-refractivity contribution in [3.05, 3.63) is 82.2 Å². The third-order valence-corrected chi connectivity index (χ3v) is 8.82. The van der Waals surface area contributed by atoms with Gasteiger partial charge in [0.25, 0.3) is 0 Å². The largest absolute Gasteiger partial charge is 0.467 e. The molecule has 1 N–H and O–H groups in total. The molecule has 0 aromatic heterocycles. The Labute approximate surface area is 283 Å². The van der Waals surface area contributed by atoms with Crippen molar-refractivity contribution < 1.29 is 52.6 Å². The van der Waals surface area contributed by atoms with Gasteiger partial charge in [-0.1, -0.05) is 72.7 Å². The first-order valence-electron chi connectivity index (χ1n) is 15.6. The maximum Gasteiger partial charge on any atom is 0.331 e. The van der Waals surface area contributed by atoms with Gasteiger partial charge < -0.3 is 43.0 Å². The molecule has 0 amide bonds. The zero-order chi connectivity index (χ0) is 34.5. The van der Waals surface area contributed by atoms with Crippen LogP contribution in [0.15, 0.2) is 65.8 Å². The van der Waals surface area contributed by atoms with Crippen LogP contribution in [-0.2, 0) is 54.1 Å². The Morgan fingerprint density at radius 2 is 1.75 bits per heavy atom. The number of hydrogen-bond acceptors (Lipinski definition) is 13. The first kappa shape index (κ1) is 37.6. The molecule has 0 aliphatic carbocycles. The molecule has 0 spiro atoms. The molecular formula is C33H43N3O11S. The molecule has 3 fully saturated rings. The number of carbonyl (C=O) groups excluding carboxylic acids is 2. The van der Waals surface area contributed by atoms with Crippen LogP contribution in [0.2, 0.25) is 0 Å². The summed E-state index contributed by atoms with van der Waals surface area (Å²) in [5.74, 6) is -0.948. The lowest BCUT2D eigenvalue weighted by Gasteiger charge is -2.47. The highest BCUT2D eigenvalue weighted by Crippen LogP contribution is 2.38. The minimum Gasteiger partial charge on any atom is -0.467 e. The van der Waals surface area contributed by atoms with E-state index in [9.17, 15) is 14.7 Å². The highest BCUT2D eigenvalue weighted by atomic mass is 32.2. The molecule has 0 radical (unpaired) electrons. The van der Waals surface area contributed by atoms with Crippen molar-refractivity contribution in [2.75, 3.05) is 39.8 Å². The maximum absolute atomic E-state index is 11.6. The Morgan fingerprint density at radius 1 is 1.04 bits per heavy atom. The summed E-state index contributed by atoms with van der Waals surface area (Å²) in [6, 6.07) is 18.6. The van der Waals surface area contributed by atoms with Gasteiger partial charge in [0.1, 0.15) is 48.6 Å². The van der Waals surface area contributed by atoms with E-state index in [1.807, 2.05) is 73.8 Å². The SMILES string of the molecule is CC(=O)O[C@@H]1C(C)COC(COCc2ccccc2)[C@H]1O.COC(=O)CO[C@@H]1C(N=[N+]=[N-])[C@H](SC)OC2COC(c3ccccc3)O[C@H]21. The predicted molar refractivity (Wildman–Crippen MR) is 173 cm³/mol. The normalized spacial score (nSPS) is 31.2. The van der Waals surface area contributed by atoms with Crippen LogP contribution in [0.25, 0.3) is 10.4 Å². The second-order valence-electron chi connectivity index (χ2n) is 11.4. The summed E-state index contributed by atoms with van der Waals surface area (Å²) in [6.45, 7) is 4.41. The maximum atomic E-state index is 11.6. The predicted octanol–water partition coefficient (Wildman–Crippen LogP) is 3.96. The van der Waals surface area contributed by atoms with E-state index in [4.69, 9.17) is 38.7 Å². The van der Waals surface area contributed by atoms with Crippen molar-refractivity contribution in [3.8, 4) is 0 Å². The minimum atomic E-state index is -0.867. The summed E-state index contributed by atoms with van der Waals surface area (Å²) in [7, 11) is 1.28. The van der Waals surface area contributed by atoms with Crippen LogP contribution in [0.3, 0.4) is 0 Å². The minimum absolute atomic E-state index is 0.0331. The summed E-state index contributed by atoms with van der Waals surface area (Å²) >= 11 is 1.40. The lowest BCUT2D eigenvalue weighted by Crippen LogP contribution is -2.61. The lowest BCUT2D eigenvalue weighted by molar-refractivity contribution is -0.309. The Bertz CT molecular complexity index is 1340. The molecule has 3 heterocycles. The summed E-state index contributed by atoms with van der Waals surface area (Å²) in [5, 5.41) is 14.1. The van der Waals surface area contributed by atoms with Crippen molar-refractivity contribution in [1.82, 2.24) is 0 Å². The van der Waals surface area contributed by atoms with Crippen LogP contribution in [0, 0.1) is 5.92 Å². The molecule has 14 nitrogen and oxygen atoms in total. The topological polar surface area (TPSA) is 177 Å². The number of rotatable bonds is 11. The van der Waals surface area contributed by atoms with Gasteiger partial charge in [-0.05, 0) is 17.4 Å². The average Bonchev–Trinajstić information content (AvgIpc) is 3.11. The van der Waals surface area contributed by atoms with Gasteiger partial charge in [0.15, 0.2) is 6.29 Å². The highest BCUT2D eigenvalue weighted by Gasteiger charge is 2.50. The molecule has 0 bridgehead atoms. The average molecular weight is 690 g/mol. The molecule has 2 aromatic rings. The molecule has 48 heavy (non-hydrogen) atoms. The molecule has 3 aliphatic heterocycles. The number of aliphatic hydroxyl groups is 1. The summed E-state index contributed by atoms with van der Waals surface area (Å²) in [5.41, 5.74) is 10.5. The number of azide groups is 1. The molecule has 0 saturated carbocycles. The quantitative estimate of drug-likeness (QED) is 0.156. The second kappa shape index (κ2) is 19.1. The van der Waals surface area contributed by atoms with Gasteiger partial charge >= 0.3 is 11.9 Å². The van der Waals surface area contributed by atoms with E-state index >= 15 is 0 Å². The number of hydrogen-bond donors (Lipinski definition) is 1. The first-order valence-corrected chi connectivity index (χ1v) is 16.9. The van der Waals surface area contributed by atoms with E-state index < -0.39 is 66.3 Å². The third kappa shape index (κ3) is 10.4. The monoisotopic (exact) mass is 689 g/mol. The Morgan fingerprint density at radius 3 is 2.40 bits per heavy atom. The van der Waals surface area contributed by atoms with E-state index in [1.165, 1.54) is 25.8 Å². The van der Waals surface area contributed by atoms with Gasteiger partial charge in [-0.25, -0.2) is 4.79 Å². The molecule has 3 aliphatic rings. The van der Waals surface area contributed by atoms with Crippen molar-refractivity contribution in [2.24, 2.45) is 11.0 Å². The van der Waals surface area contributed by atoms with Crippen molar-refractivity contribution in [3.63, 3.8) is 0 Å². The van der Waals surface area contributed by atoms with Crippen LogP contribution < -0.4 is 0 Å². The fraction of sp³-hybridized carbons (Fsp3) is 0.576. The van der Waals surface area contributed by atoms with Crippen LogP contribution in [0.1, 0.15) is 31.3 Å². The van der Waals surface area contributed by atoms with Crippen LogP contribution >= 0.6 is 11.8 Å². The molecule has 5 rings (SSSR count). The number of esters is 2. The zero-order valence-corrected chi connectivity index (χ0v) is 28.2. The molecule has 2 aromatic carbocycles. The van der Waals surface area contributed by atoms with E-state index in [1.54, 1.807) is 0 Å². The molecule has 262 valence electrons. The van der Waals surface area contributed by atoms with E-state index in [2.05, 4.69) is 14.8 Å². The van der Waals surface area contributed by atoms with E-state index in [-0.39, 0.29) is 19.1 Å². The van der Waals surface area contributed by atoms with E-state index in [0.29, 0.717) is 19.8 Å². The summed E-state index contributed by atoms with van der Waals surface area (Å²) < 4.78 is 44.7. The van der Waals surface area contributed by atoms with Gasteiger partial charge in [0.05, 0.1) is 39.6 Å². The molecule has 5 unspecified atom stereocenters. The van der Waals surface area contributed by atoms with Crippen LogP contribution in [0.5, 0.6) is 0 Å². The number of carbonyl (C=O) groups is 2. The summed E-state index contributed by atoms with van der Waals surface area (Å²) in [4.78, 5) is 25.6. The summed E-state index contributed by atoms with van der Waals surface area (Å²) in [6.07, 6.45) is -2.28. The Kier molecular flexibility index (Phi) is 14.9. The molecule has 3 saturated heterocycles. The number of nitrogens with zero attached hydrogens (tertiary/aromatic N) is 3. The molecular weight excluding hydrogens is 646 g/mol. The number of thioether (sulfide) groups is 1. The highest BCUT2D eigenvalue weighted by molar-refractivity contribution is 7.99. The standard InChI is InChI=1S/C17H21N3O6S.C16H22O5/c1-22-12(21)9-23-15-13(19-20-18)17(27-2)25-11-8-24-16(26-14(11)15)10-6-4-3-5-7-10;1-11-8-20-14(15(18)16(11)21-12(2)17)10-19-9-13-6-4-3-5-7-13/h3-7,11,13-17H,8-9H2,1-2H3;3-7,11,14-16,18H,8-10H2,1-2H3/t11?,13?,14-,15-,16?,17+;11?,14?,15-,16-/m11/s1. The number of fused-ring (bicyclic) bond motifs is 1. The van der Waals surface area contributed by atoms with Gasteiger partial charge in [-0.3, -0.25) is 4.79 Å². The van der Waals surface area contributed by atoms with Crippen molar-refractivity contribution in [2.45, 2.75) is 74.8 Å². The Balaban J connectivity index is 0.000000224. The van der Waals surface area contributed by atoms with Gasteiger partial charge in [0.2, 0.25) is 0 Å². The third-order valence-electron chi connectivity index (χ3n) is 7.96. The number of methoxy groups -OCH3 is 1. The number of ether oxygens (including phenoxy) is 8. The first-order chi connectivity index (χ1) is 23.2. The van der Waals surface area contributed by atoms with Gasteiger partial charge in [0, 0.05) is 23.3 Å². The fourth-order valence-corrected chi connectivity index (χ4v) is 6.28. The Hall–Kier alpha value is -3.24. The van der Waals surface area contributed by atoms with Gasteiger partial charge in [-0.2, -0.15) is 0 Å². The number of aliphatic hydroxyl groups excluding tert-OH is 1.